The maximum absolute atomic E-state index is 13.9. The highest BCUT2D eigenvalue weighted by molar-refractivity contribution is 5.90. The third-order valence-electron chi connectivity index (χ3n) is 13.6. The number of carbonyl (C=O) groups is 2. The first-order valence-corrected chi connectivity index (χ1v) is 17.2. The Morgan fingerprint density at radius 2 is 2.05 bits per heavy atom. The van der Waals surface area contributed by atoms with Crippen molar-refractivity contribution in [3.05, 3.63) is 11.6 Å². The minimum atomic E-state index is -1.14. The third-order valence-corrected chi connectivity index (χ3v) is 13.6. The van der Waals surface area contributed by atoms with Crippen LogP contribution in [-0.4, -0.2) is 67.2 Å². The fourth-order valence-electron chi connectivity index (χ4n) is 11.8. The van der Waals surface area contributed by atoms with Crippen molar-refractivity contribution >= 4 is 12.3 Å². The van der Waals surface area contributed by atoms with E-state index in [4.69, 9.17) is 4.74 Å². The van der Waals surface area contributed by atoms with Crippen molar-refractivity contribution in [1.82, 2.24) is 10.2 Å². The zero-order chi connectivity index (χ0) is 29.2. The summed E-state index contributed by atoms with van der Waals surface area (Å²) >= 11 is 0. The number of hydrogen-bond acceptors (Lipinski definition) is 5. The Morgan fingerprint density at radius 1 is 1.24 bits per heavy atom. The quantitative estimate of drug-likeness (QED) is 0.172. The first kappa shape index (κ1) is 29.8. The van der Waals surface area contributed by atoms with Gasteiger partial charge in [0.1, 0.15) is 11.7 Å². The van der Waals surface area contributed by atoms with Crippen molar-refractivity contribution in [3.8, 4) is 0 Å². The van der Waals surface area contributed by atoms with Crippen LogP contribution >= 0.6 is 0 Å². The first-order chi connectivity index (χ1) is 19.7. The number of likely N-dealkylation sites (tertiary alicyclic amines) is 1. The molecule has 0 aromatic carbocycles. The molecule has 0 aromatic heterocycles. The van der Waals surface area contributed by atoms with Gasteiger partial charge in [-0.25, -0.2) is 0 Å². The van der Waals surface area contributed by atoms with Gasteiger partial charge in [-0.1, -0.05) is 58.6 Å². The highest BCUT2D eigenvalue weighted by atomic mass is 16.5. The van der Waals surface area contributed by atoms with E-state index in [0.717, 1.165) is 63.5 Å². The molecule has 0 radical (unpaired) electrons. The van der Waals surface area contributed by atoms with Gasteiger partial charge in [-0.2, -0.15) is 0 Å². The smallest absolute Gasteiger partial charge is 0.315 e. The number of fused-ring (bicyclic) bond motifs is 2. The molecule has 41 heavy (non-hydrogen) atoms. The van der Waals surface area contributed by atoms with Crippen LogP contribution in [0.5, 0.6) is 0 Å². The molecule has 230 valence electrons. The number of nitrogens with zero attached hydrogens (tertiary/aromatic N) is 1. The largest absolute Gasteiger partial charge is 0.481 e. The molecule has 6 aliphatic rings. The van der Waals surface area contributed by atoms with Crippen molar-refractivity contribution < 1.29 is 19.4 Å². The van der Waals surface area contributed by atoms with Crippen molar-refractivity contribution in [3.63, 3.8) is 0 Å². The van der Waals surface area contributed by atoms with E-state index in [1.807, 2.05) is 0 Å². The molecule has 3 saturated carbocycles. The normalized spacial score (nSPS) is 46.8. The number of rotatable bonds is 12. The molecule has 6 heteroatoms. The van der Waals surface area contributed by atoms with Gasteiger partial charge in [0.05, 0.1) is 17.6 Å². The summed E-state index contributed by atoms with van der Waals surface area (Å²) in [5.74, 6) is 1.03. The number of hydrogen-bond donors (Lipinski definition) is 2. The lowest BCUT2D eigenvalue weighted by molar-refractivity contribution is -0.197. The van der Waals surface area contributed by atoms with E-state index in [1.165, 1.54) is 32.2 Å². The number of carboxylic acid groups (broad SMARTS) is 1. The SMILES string of the molecule is CCCCC1CC(C23C[C@@H]4[C@H](C)CC[C@H]4C4(C=O)CC2C=C(C(C)C)C34C(=O)O)OC1CNCCC1CCCN1C. The van der Waals surface area contributed by atoms with Crippen LogP contribution < -0.4 is 5.32 Å². The number of nitrogens with one attached hydrogen (secondary N) is 1. The van der Waals surface area contributed by atoms with Gasteiger partial charge in [0.25, 0.3) is 0 Å². The van der Waals surface area contributed by atoms with Crippen LogP contribution in [-0.2, 0) is 14.3 Å². The second-order valence-corrected chi connectivity index (χ2v) is 15.4. The summed E-state index contributed by atoms with van der Waals surface area (Å²) in [6.45, 7) is 11.9. The van der Waals surface area contributed by atoms with Crippen LogP contribution in [0.2, 0.25) is 0 Å². The first-order valence-electron chi connectivity index (χ1n) is 17.2. The summed E-state index contributed by atoms with van der Waals surface area (Å²) in [6, 6.07) is 0.680. The van der Waals surface area contributed by atoms with Gasteiger partial charge in [-0.3, -0.25) is 4.79 Å². The molecule has 0 aromatic rings. The second-order valence-electron chi connectivity index (χ2n) is 15.4. The van der Waals surface area contributed by atoms with Crippen molar-refractivity contribution in [2.24, 2.45) is 51.8 Å². The fourth-order valence-corrected chi connectivity index (χ4v) is 11.8. The maximum Gasteiger partial charge on any atom is 0.315 e. The highest BCUT2D eigenvalue weighted by Gasteiger charge is 2.86. The predicted molar refractivity (Wildman–Crippen MR) is 161 cm³/mol. The Kier molecular flexibility index (Phi) is 8.03. The third kappa shape index (κ3) is 4.05. The molecule has 11 atom stereocenters. The van der Waals surface area contributed by atoms with E-state index in [9.17, 15) is 14.7 Å². The van der Waals surface area contributed by atoms with E-state index >= 15 is 0 Å². The number of carbonyl (C=O) groups excluding carboxylic acids is 1. The number of carboxylic acids is 1. The highest BCUT2D eigenvalue weighted by Crippen LogP contribution is 2.84. The van der Waals surface area contributed by atoms with Gasteiger partial charge in [0, 0.05) is 18.0 Å². The molecular weight excluding hydrogens is 512 g/mol. The molecule has 6 nitrogen and oxygen atoms in total. The number of ether oxygens (including phenoxy) is 1. The van der Waals surface area contributed by atoms with Crippen LogP contribution in [0.15, 0.2) is 11.6 Å². The average Bonchev–Trinajstić information content (AvgIpc) is 3.73. The van der Waals surface area contributed by atoms with Crippen LogP contribution in [0.3, 0.4) is 0 Å². The fraction of sp³-hybridized carbons (Fsp3) is 0.886. The van der Waals surface area contributed by atoms with Crippen LogP contribution in [0, 0.1) is 51.8 Å². The van der Waals surface area contributed by atoms with Crippen LogP contribution in [0.1, 0.15) is 98.3 Å². The Hall–Kier alpha value is -1.24. The van der Waals surface area contributed by atoms with Gasteiger partial charge in [-0.05, 0) is 107 Å². The van der Waals surface area contributed by atoms with E-state index in [0.29, 0.717) is 30.2 Å². The summed E-state index contributed by atoms with van der Waals surface area (Å²) in [4.78, 5) is 29.9. The number of aliphatic carboxylic acids is 1. The lowest BCUT2D eigenvalue weighted by atomic mass is 9.41. The lowest BCUT2D eigenvalue weighted by Crippen LogP contribution is -2.65. The van der Waals surface area contributed by atoms with Gasteiger partial charge in [-0.15, -0.1) is 0 Å². The molecule has 0 spiro atoms. The molecule has 6 rings (SSSR count). The summed E-state index contributed by atoms with van der Waals surface area (Å²) in [7, 11) is 2.25. The molecule has 2 aliphatic heterocycles. The number of unbranched alkanes of at least 4 members (excludes halogenated alkanes) is 1. The monoisotopic (exact) mass is 568 g/mol. The summed E-state index contributed by atoms with van der Waals surface area (Å²) < 4.78 is 7.20. The Labute approximate surface area is 248 Å². The van der Waals surface area contributed by atoms with Crippen molar-refractivity contribution in [2.45, 2.75) is 117 Å². The second kappa shape index (κ2) is 11.0. The van der Waals surface area contributed by atoms with Gasteiger partial charge >= 0.3 is 5.97 Å². The van der Waals surface area contributed by atoms with Crippen LogP contribution in [0.4, 0.5) is 0 Å². The minimum Gasteiger partial charge on any atom is -0.481 e. The molecule has 8 unspecified atom stereocenters. The molecule has 2 saturated heterocycles. The Balaban J connectivity index is 1.32. The Morgan fingerprint density at radius 3 is 2.71 bits per heavy atom. The standard InChI is InChI=1S/C35H56N2O4/c1-6-7-9-24-16-31(41-30(24)20-36-14-13-26-10-8-15-37(26)5)34-19-27-23(4)11-12-28(27)33(21-38)18-25(34)17-29(22(2)3)35(33,34)32(39)40/h17,21-28,30-31,36H,6-16,18-20H2,1-5H3,(H,39,40)/t23-,24?,25?,26?,27-,28-,30?,31?,33?,34?,35?/m1/s1. The Bertz CT molecular complexity index is 1040. The maximum atomic E-state index is 13.9. The van der Waals surface area contributed by atoms with E-state index < -0.39 is 22.2 Å². The van der Waals surface area contributed by atoms with Gasteiger partial charge in [0.2, 0.25) is 0 Å². The zero-order valence-electron chi connectivity index (χ0n) is 26.4. The zero-order valence-corrected chi connectivity index (χ0v) is 26.4. The molecule has 2 heterocycles. The topological polar surface area (TPSA) is 78.9 Å². The van der Waals surface area contributed by atoms with Crippen LogP contribution in [0.25, 0.3) is 0 Å². The molecule has 4 bridgehead atoms. The molecule has 4 aliphatic carbocycles. The minimum absolute atomic E-state index is 0.106. The lowest BCUT2D eigenvalue weighted by Gasteiger charge is -2.60. The van der Waals surface area contributed by atoms with Crippen molar-refractivity contribution in [2.75, 3.05) is 26.7 Å². The van der Waals surface area contributed by atoms with E-state index in [-0.39, 0.29) is 30.0 Å². The average molecular weight is 569 g/mol. The van der Waals surface area contributed by atoms with E-state index in [2.05, 4.69) is 51.0 Å². The molecular formula is C35H56N2O4. The molecule has 5 fully saturated rings. The summed E-state index contributed by atoms with van der Waals surface area (Å²) in [5, 5.41) is 15.2. The van der Waals surface area contributed by atoms with Gasteiger partial charge < -0.3 is 24.9 Å². The van der Waals surface area contributed by atoms with Crippen molar-refractivity contribution in [1.29, 1.82) is 0 Å². The van der Waals surface area contributed by atoms with E-state index in [1.54, 1.807) is 0 Å². The number of allylic oxidation sites excluding steroid dienone is 1. The van der Waals surface area contributed by atoms with Gasteiger partial charge in [0.15, 0.2) is 0 Å². The molecule has 0 amide bonds. The molecule has 2 N–H and O–H groups in total. The summed E-state index contributed by atoms with van der Waals surface area (Å²) in [6.07, 6.45) is 15.4. The summed E-state index contributed by atoms with van der Waals surface area (Å²) in [5.41, 5.74) is -1.44. The predicted octanol–water partition coefficient (Wildman–Crippen LogP) is 5.95. The number of aldehydes is 1.